The first kappa shape index (κ1) is 16.9. The number of hydrogen-bond donors (Lipinski definition) is 0. The van der Waals surface area contributed by atoms with E-state index in [0.29, 0.717) is 17.0 Å². The van der Waals surface area contributed by atoms with Crippen molar-refractivity contribution in [3.63, 3.8) is 0 Å². The first-order valence-electron chi connectivity index (χ1n) is 6.73. The predicted octanol–water partition coefficient (Wildman–Crippen LogP) is 1.33. The van der Waals surface area contributed by atoms with E-state index in [2.05, 4.69) is 14.8 Å². The smallest absolute Gasteiger partial charge is 0.356 e. The van der Waals surface area contributed by atoms with E-state index in [0.717, 1.165) is 4.09 Å². The number of methoxy groups -OCH3 is 2. The van der Waals surface area contributed by atoms with E-state index in [1.165, 1.54) is 32.7 Å². The van der Waals surface area contributed by atoms with Gasteiger partial charge in [-0.15, -0.1) is 0 Å². The Morgan fingerprint density at radius 1 is 1.26 bits per heavy atom. The van der Waals surface area contributed by atoms with Gasteiger partial charge >= 0.3 is 5.97 Å². The normalized spacial score (nSPS) is 11.5. The summed E-state index contributed by atoms with van der Waals surface area (Å²) in [5.41, 5.74) is 0.856. The average Bonchev–Trinajstić information content (AvgIpc) is 3.04. The molecule has 0 saturated heterocycles. The van der Waals surface area contributed by atoms with Crippen molar-refractivity contribution < 1.29 is 22.7 Å². The van der Waals surface area contributed by atoms with Crippen LogP contribution in [0.15, 0.2) is 24.5 Å². The third kappa shape index (κ3) is 3.34. The molecule has 0 amide bonds. The second-order valence-corrected chi connectivity index (χ2v) is 7.31. The zero-order valence-corrected chi connectivity index (χ0v) is 14.0. The molecule has 0 bridgehead atoms. The van der Waals surface area contributed by atoms with Crippen molar-refractivity contribution in [3.8, 4) is 17.0 Å². The van der Waals surface area contributed by atoms with Crippen molar-refractivity contribution in [1.82, 2.24) is 14.2 Å². The van der Waals surface area contributed by atoms with Gasteiger partial charge in [-0.25, -0.2) is 18.2 Å². The molecular weight excluding hydrogens is 322 g/mol. The van der Waals surface area contributed by atoms with Crippen molar-refractivity contribution in [1.29, 1.82) is 0 Å². The summed E-state index contributed by atoms with van der Waals surface area (Å²) in [5, 5.41) is 3.26. The molecular formula is C14H17N3O5S. The molecule has 0 aliphatic heterocycles. The molecule has 0 atom stereocenters. The Morgan fingerprint density at radius 2 is 1.96 bits per heavy atom. The van der Waals surface area contributed by atoms with E-state index in [1.54, 1.807) is 19.9 Å². The maximum atomic E-state index is 12.1. The van der Waals surface area contributed by atoms with Gasteiger partial charge < -0.3 is 9.47 Å². The predicted molar refractivity (Wildman–Crippen MR) is 82.8 cm³/mol. The van der Waals surface area contributed by atoms with Gasteiger partial charge in [0.15, 0.2) is 5.69 Å². The Bertz CT molecular complexity index is 827. The number of aromatic nitrogens is 3. The molecule has 2 heterocycles. The van der Waals surface area contributed by atoms with Crippen LogP contribution in [0.4, 0.5) is 0 Å². The maximum Gasteiger partial charge on any atom is 0.356 e. The highest BCUT2D eigenvalue weighted by atomic mass is 32.2. The molecule has 0 spiro atoms. The second kappa shape index (κ2) is 6.37. The van der Waals surface area contributed by atoms with Crippen LogP contribution in [0.5, 0.6) is 5.75 Å². The molecule has 0 unspecified atom stereocenters. The zero-order valence-electron chi connectivity index (χ0n) is 13.2. The van der Waals surface area contributed by atoms with Crippen LogP contribution in [0.2, 0.25) is 0 Å². The first-order valence-corrected chi connectivity index (χ1v) is 8.23. The highest BCUT2D eigenvalue weighted by molar-refractivity contribution is 7.90. The lowest BCUT2D eigenvalue weighted by Gasteiger charge is -2.07. The summed E-state index contributed by atoms with van der Waals surface area (Å²) in [6.07, 6.45) is 2.71. The van der Waals surface area contributed by atoms with Gasteiger partial charge in [-0.1, -0.05) is 0 Å². The van der Waals surface area contributed by atoms with Crippen molar-refractivity contribution in [2.24, 2.45) is 0 Å². The summed E-state index contributed by atoms with van der Waals surface area (Å²) in [7, 11) is -0.858. The Hall–Kier alpha value is -2.42. The van der Waals surface area contributed by atoms with Gasteiger partial charge in [-0.2, -0.15) is 9.19 Å². The molecule has 2 rings (SSSR count). The molecule has 0 radical (unpaired) electrons. The third-order valence-electron chi connectivity index (χ3n) is 3.14. The topological polar surface area (TPSA) is 100 Å². The standard InChI is InChI=1S/C14H17N3O5S/c1-9(2)23(19,20)17-8-10(7-15-17)12-5-11(21-3)6-13(16-12)14(18)22-4/h5-9H,1-4H3. The van der Waals surface area contributed by atoms with E-state index in [-0.39, 0.29) is 5.69 Å². The summed E-state index contributed by atoms with van der Waals surface area (Å²) in [5.74, 6) is -0.220. The molecule has 2 aromatic rings. The fourth-order valence-corrected chi connectivity index (χ4v) is 2.64. The van der Waals surface area contributed by atoms with Crippen LogP contribution >= 0.6 is 0 Å². The second-order valence-electron chi connectivity index (χ2n) is 4.96. The van der Waals surface area contributed by atoms with Crippen LogP contribution in [0.25, 0.3) is 11.3 Å². The van der Waals surface area contributed by atoms with E-state index < -0.39 is 21.2 Å². The molecule has 0 N–H and O–H groups in total. The van der Waals surface area contributed by atoms with Crippen molar-refractivity contribution in [3.05, 3.63) is 30.2 Å². The molecule has 0 aromatic carbocycles. The largest absolute Gasteiger partial charge is 0.497 e. The van der Waals surface area contributed by atoms with Gasteiger partial charge in [-0.3, -0.25) is 0 Å². The lowest BCUT2D eigenvalue weighted by Crippen LogP contribution is -2.22. The zero-order chi connectivity index (χ0) is 17.2. The number of ether oxygens (including phenoxy) is 2. The minimum absolute atomic E-state index is 0.0568. The number of nitrogens with zero attached hydrogens (tertiary/aromatic N) is 3. The lowest BCUT2D eigenvalue weighted by atomic mass is 10.2. The number of esters is 1. The van der Waals surface area contributed by atoms with Crippen LogP contribution < -0.4 is 4.74 Å². The van der Waals surface area contributed by atoms with Crippen molar-refractivity contribution in [2.45, 2.75) is 19.1 Å². The fourth-order valence-electron chi connectivity index (χ4n) is 1.77. The Kier molecular flexibility index (Phi) is 4.69. The van der Waals surface area contributed by atoms with Crippen molar-refractivity contribution in [2.75, 3.05) is 14.2 Å². The van der Waals surface area contributed by atoms with E-state index in [4.69, 9.17) is 4.74 Å². The summed E-state index contributed by atoms with van der Waals surface area (Å²) in [6, 6.07) is 3.01. The molecule has 0 aliphatic carbocycles. The summed E-state index contributed by atoms with van der Waals surface area (Å²) < 4.78 is 34.9. The highest BCUT2D eigenvalue weighted by Gasteiger charge is 2.21. The van der Waals surface area contributed by atoms with Crippen LogP contribution in [0.3, 0.4) is 0 Å². The van der Waals surface area contributed by atoms with Crippen molar-refractivity contribution >= 4 is 16.0 Å². The van der Waals surface area contributed by atoms with Gasteiger partial charge in [0.25, 0.3) is 10.0 Å². The Morgan fingerprint density at radius 3 is 2.52 bits per heavy atom. The SMILES string of the molecule is COC(=O)c1cc(OC)cc(-c2cnn(S(=O)(=O)C(C)C)c2)n1. The van der Waals surface area contributed by atoms with Crippen LogP contribution in [0.1, 0.15) is 24.3 Å². The van der Waals surface area contributed by atoms with Gasteiger partial charge in [0.1, 0.15) is 5.75 Å². The van der Waals surface area contributed by atoms with Crippen LogP contribution in [-0.2, 0) is 14.8 Å². The number of carbonyl (C=O) groups is 1. The highest BCUT2D eigenvalue weighted by Crippen LogP contribution is 2.24. The quantitative estimate of drug-likeness (QED) is 0.757. The molecule has 124 valence electrons. The Labute approximate surface area is 134 Å². The minimum atomic E-state index is -3.56. The van der Waals surface area contributed by atoms with E-state index >= 15 is 0 Å². The van der Waals surface area contributed by atoms with Gasteiger partial charge in [-0.05, 0) is 13.8 Å². The molecule has 0 aliphatic rings. The third-order valence-corrected chi connectivity index (χ3v) is 5.05. The summed E-state index contributed by atoms with van der Waals surface area (Å²) in [4.78, 5) is 15.8. The van der Waals surface area contributed by atoms with E-state index in [1.807, 2.05) is 0 Å². The average molecular weight is 339 g/mol. The van der Waals surface area contributed by atoms with E-state index in [9.17, 15) is 13.2 Å². The number of hydrogen-bond acceptors (Lipinski definition) is 7. The van der Waals surface area contributed by atoms with Gasteiger partial charge in [0.05, 0.1) is 37.6 Å². The number of rotatable bonds is 5. The lowest BCUT2D eigenvalue weighted by molar-refractivity contribution is 0.0593. The minimum Gasteiger partial charge on any atom is -0.497 e. The Balaban J connectivity index is 2.51. The molecule has 23 heavy (non-hydrogen) atoms. The van der Waals surface area contributed by atoms with Crippen LogP contribution in [0, 0.1) is 0 Å². The molecule has 9 heteroatoms. The monoisotopic (exact) mass is 339 g/mol. The fraction of sp³-hybridized carbons (Fsp3) is 0.357. The number of carbonyl (C=O) groups excluding carboxylic acids is 1. The molecule has 0 saturated carbocycles. The number of pyridine rings is 1. The first-order chi connectivity index (χ1) is 10.8. The summed E-state index contributed by atoms with van der Waals surface area (Å²) >= 11 is 0. The molecule has 0 fully saturated rings. The molecule has 2 aromatic heterocycles. The summed E-state index contributed by atoms with van der Waals surface area (Å²) in [6.45, 7) is 3.13. The molecule has 8 nitrogen and oxygen atoms in total. The maximum absolute atomic E-state index is 12.1. The van der Waals surface area contributed by atoms with Crippen LogP contribution in [-0.4, -0.2) is 48.0 Å². The van der Waals surface area contributed by atoms with Gasteiger partial charge in [0, 0.05) is 17.7 Å². The van der Waals surface area contributed by atoms with Gasteiger partial charge in [0.2, 0.25) is 0 Å².